The number of fused-ring (bicyclic) bond motifs is 11. The number of nitrogens with zero attached hydrogens (tertiary/aromatic N) is 1. The second kappa shape index (κ2) is 12.4. The topological polar surface area (TPSA) is 29.5 Å². The first-order valence-corrected chi connectivity index (χ1v) is 20.3. The molecular weight excluding hydrogens is 707 g/mol. The quantitative estimate of drug-likeness (QED) is 0.176. The number of rotatable bonds is 5. The molecule has 0 saturated heterocycles. The van der Waals surface area contributed by atoms with E-state index in [0.717, 1.165) is 79.7 Å². The zero-order valence-electron chi connectivity index (χ0n) is 32.4. The van der Waals surface area contributed by atoms with Gasteiger partial charge >= 0.3 is 0 Å². The number of benzene rings is 8. The molecule has 2 aliphatic carbocycles. The standard InChI is InChI=1S/C55H39NO2/c1-55(2)47-25-13-11-21-38(47)39-29-28-36(30-48(39)55)56(49-26-15-24-42-40-22-12-14-27-51(40)57-54(42)49)50-32-45-46-31-43(34-16-5-3-6-17-34)37-20-9-10-23-41(37)53(46)58-52(45)33-44(50)35-18-7-4-8-19-35/h3-14,16-23,25-33H,15,24H2,1-2H3. The molecular formula is C55H39NO2. The molecule has 2 aromatic heterocycles. The number of para-hydroxylation sites is 1. The molecule has 0 spiro atoms. The van der Waals surface area contributed by atoms with Gasteiger partial charge in [0.25, 0.3) is 0 Å². The Kier molecular flexibility index (Phi) is 7.10. The molecule has 8 aromatic carbocycles. The van der Waals surface area contributed by atoms with E-state index in [1.807, 2.05) is 0 Å². The lowest BCUT2D eigenvalue weighted by atomic mass is 9.82. The van der Waals surface area contributed by atoms with Crippen LogP contribution in [0.4, 0.5) is 11.4 Å². The Morgan fingerprint density at radius 2 is 1.16 bits per heavy atom. The van der Waals surface area contributed by atoms with Gasteiger partial charge < -0.3 is 13.7 Å². The van der Waals surface area contributed by atoms with Crippen molar-refractivity contribution in [3.05, 3.63) is 198 Å². The molecule has 12 rings (SSSR count). The fourth-order valence-corrected chi connectivity index (χ4v) is 9.95. The van der Waals surface area contributed by atoms with Crippen molar-refractivity contribution in [3.8, 4) is 33.4 Å². The highest BCUT2D eigenvalue weighted by Crippen LogP contribution is 2.53. The third kappa shape index (κ3) is 4.80. The second-order valence-electron chi connectivity index (χ2n) is 16.3. The lowest BCUT2D eigenvalue weighted by Gasteiger charge is -2.32. The number of hydrogen-bond acceptors (Lipinski definition) is 3. The fraction of sp³-hybridized carbons (Fsp3) is 0.0909. The molecule has 0 atom stereocenters. The lowest BCUT2D eigenvalue weighted by Crippen LogP contribution is -2.20. The first-order chi connectivity index (χ1) is 28.5. The van der Waals surface area contributed by atoms with Crippen LogP contribution >= 0.6 is 0 Å². The number of hydrogen-bond donors (Lipinski definition) is 0. The Bertz CT molecular complexity index is 3310. The van der Waals surface area contributed by atoms with E-state index < -0.39 is 0 Å². The van der Waals surface area contributed by atoms with Crippen molar-refractivity contribution in [2.45, 2.75) is 32.1 Å². The molecule has 0 saturated carbocycles. The smallest absolute Gasteiger partial charge is 0.155 e. The molecule has 0 unspecified atom stereocenters. The van der Waals surface area contributed by atoms with Gasteiger partial charge in [0, 0.05) is 43.8 Å². The van der Waals surface area contributed by atoms with Crippen molar-refractivity contribution in [2.75, 3.05) is 4.90 Å². The zero-order chi connectivity index (χ0) is 38.5. The Labute approximate surface area is 337 Å². The Morgan fingerprint density at radius 1 is 0.483 bits per heavy atom. The number of anilines is 2. The average Bonchev–Trinajstić information content (AvgIpc) is 3.91. The molecule has 0 N–H and O–H groups in total. The number of furan rings is 2. The van der Waals surface area contributed by atoms with E-state index in [2.05, 4.69) is 195 Å². The average molecular weight is 746 g/mol. The predicted octanol–water partition coefficient (Wildman–Crippen LogP) is 15.3. The van der Waals surface area contributed by atoms with E-state index in [9.17, 15) is 0 Å². The van der Waals surface area contributed by atoms with Gasteiger partial charge in [-0.2, -0.15) is 0 Å². The van der Waals surface area contributed by atoms with Crippen LogP contribution in [0, 0.1) is 0 Å². The Hall–Kier alpha value is -7.10. The third-order valence-electron chi connectivity index (χ3n) is 12.7. The molecule has 0 fully saturated rings. The summed E-state index contributed by atoms with van der Waals surface area (Å²) in [5, 5.41) is 5.65. The molecule has 2 heterocycles. The van der Waals surface area contributed by atoms with Crippen LogP contribution in [-0.4, -0.2) is 0 Å². The van der Waals surface area contributed by atoms with Crippen LogP contribution in [0.2, 0.25) is 0 Å². The van der Waals surface area contributed by atoms with Gasteiger partial charge in [-0.15, -0.1) is 0 Å². The van der Waals surface area contributed by atoms with Crippen LogP contribution in [0.5, 0.6) is 0 Å². The first kappa shape index (κ1) is 33.1. The molecule has 3 heteroatoms. The summed E-state index contributed by atoms with van der Waals surface area (Å²) in [5.41, 5.74) is 16.9. The van der Waals surface area contributed by atoms with Gasteiger partial charge in [-0.3, -0.25) is 0 Å². The van der Waals surface area contributed by atoms with Crippen LogP contribution in [0.15, 0.2) is 185 Å². The van der Waals surface area contributed by atoms with E-state index in [4.69, 9.17) is 8.83 Å². The highest BCUT2D eigenvalue weighted by Gasteiger charge is 2.37. The fourth-order valence-electron chi connectivity index (χ4n) is 9.95. The van der Waals surface area contributed by atoms with Gasteiger partial charge in [0.1, 0.15) is 16.7 Å². The molecule has 0 radical (unpaired) electrons. The van der Waals surface area contributed by atoms with Crippen molar-refractivity contribution in [2.24, 2.45) is 0 Å². The summed E-state index contributed by atoms with van der Waals surface area (Å²) in [4.78, 5) is 2.47. The minimum Gasteiger partial charge on any atom is -0.455 e. The predicted molar refractivity (Wildman–Crippen MR) is 241 cm³/mol. The largest absolute Gasteiger partial charge is 0.455 e. The van der Waals surface area contributed by atoms with Gasteiger partial charge in [0.2, 0.25) is 0 Å². The molecule has 58 heavy (non-hydrogen) atoms. The summed E-state index contributed by atoms with van der Waals surface area (Å²) in [6.45, 7) is 4.72. The highest BCUT2D eigenvalue weighted by molar-refractivity contribution is 6.20. The van der Waals surface area contributed by atoms with Crippen molar-refractivity contribution >= 4 is 60.8 Å². The maximum atomic E-state index is 6.97. The van der Waals surface area contributed by atoms with Crippen LogP contribution in [-0.2, 0) is 11.8 Å². The number of aryl methyl sites for hydroxylation is 1. The van der Waals surface area contributed by atoms with E-state index in [1.165, 1.54) is 49.7 Å². The Morgan fingerprint density at radius 3 is 1.97 bits per heavy atom. The van der Waals surface area contributed by atoms with Crippen molar-refractivity contribution in [1.82, 2.24) is 0 Å². The first-order valence-electron chi connectivity index (χ1n) is 20.3. The number of allylic oxidation sites excluding steroid dienone is 1. The van der Waals surface area contributed by atoms with E-state index >= 15 is 0 Å². The van der Waals surface area contributed by atoms with Crippen molar-refractivity contribution in [3.63, 3.8) is 0 Å². The second-order valence-corrected chi connectivity index (χ2v) is 16.3. The molecule has 0 amide bonds. The van der Waals surface area contributed by atoms with E-state index in [-0.39, 0.29) is 5.41 Å². The van der Waals surface area contributed by atoms with Crippen LogP contribution in [0.25, 0.3) is 82.8 Å². The molecule has 276 valence electrons. The Balaban J connectivity index is 1.18. The summed E-state index contributed by atoms with van der Waals surface area (Å²) < 4.78 is 13.9. The van der Waals surface area contributed by atoms with Crippen LogP contribution in [0.1, 0.15) is 42.7 Å². The van der Waals surface area contributed by atoms with Crippen molar-refractivity contribution in [1.29, 1.82) is 0 Å². The lowest BCUT2D eigenvalue weighted by molar-refractivity contribution is 0.588. The molecule has 10 aromatic rings. The van der Waals surface area contributed by atoms with E-state index in [1.54, 1.807) is 0 Å². The summed E-state index contributed by atoms with van der Waals surface area (Å²) >= 11 is 0. The van der Waals surface area contributed by atoms with Crippen LogP contribution in [0.3, 0.4) is 0 Å². The van der Waals surface area contributed by atoms with Gasteiger partial charge in [0.05, 0.1) is 11.4 Å². The van der Waals surface area contributed by atoms with Gasteiger partial charge in [-0.05, 0) is 93.6 Å². The van der Waals surface area contributed by atoms with Gasteiger partial charge in [0.15, 0.2) is 5.76 Å². The zero-order valence-corrected chi connectivity index (χ0v) is 32.4. The third-order valence-corrected chi connectivity index (χ3v) is 12.7. The molecule has 0 bridgehead atoms. The minimum atomic E-state index is -0.166. The summed E-state index contributed by atoms with van der Waals surface area (Å²) in [6.07, 6.45) is 4.22. The maximum absolute atomic E-state index is 6.97. The summed E-state index contributed by atoms with van der Waals surface area (Å²) in [5.74, 6) is 0.934. The normalized spacial score (nSPS) is 14.1. The molecule has 0 aliphatic heterocycles. The van der Waals surface area contributed by atoms with Gasteiger partial charge in [-0.25, -0.2) is 0 Å². The molecule has 2 aliphatic rings. The summed E-state index contributed by atoms with van der Waals surface area (Å²) in [6, 6.07) is 61.5. The summed E-state index contributed by atoms with van der Waals surface area (Å²) in [7, 11) is 0. The van der Waals surface area contributed by atoms with Crippen LogP contribution < -0.4 is 4.90 Å². The maximum Gasteiger partial charge on any atom is 0.155 e. The SMILES string of the molecule is CC1(C)c2ccccc2-c2ccc(N(C3=CCCc4c3oc3ccccc43)c3cc4c(cc3-c3ccccc3)oc3c5ccccc5c(-c5ccccc5)cc43)cc21. The van der Waals surface area contributed by atoms with E-state index in [0.29, 0.717) is 0 Å². The highest BCUT2D eigenvalue weighted by atomic mass is 16.3. The minimum absolute atomic E-state index is 0.166. The molecule has 3 nitrogen and oxygen atoms in total. The monoisotopic (exact) mass is 745 g/mol. The van der Waals surface area contributed by atoms with Gasteiger partial charge in [-0.1, -0.05) is 153 Å². The van der Waals surface area contributed by atoms with Crippen molar-refractivity contribution < 1.29 is 8.83 Å².